The molecule has 0 aliphatic carbocycles. The largest absolute Gasteiger partial charge is 0.457 e. The smallest absolute Gasteiger partial charge is 0.137 e. The zero-order valence-electron chi connectivity index (χ0n) is 30.7. The molecule has 9 rings (SSSR count). The zero-order valence-corrected chi connectivity index (χ0v) is 30.7. The average molecular weight is 692 g/mol. The molecule has 0 saturated heterocycles. The molecule has 0 fully saturated rings. The Morgan fingerprint density at radius 2 is 1.30 bits per heavy atom. The Morgan fingerprint density at radius 3 is 2.08 bits per heavy atom. The number of ether oxygens (including phenoxy) is 1. The molecule has 0 spiro atoms. The molecule has 0 bridgehead atoms. The summed E-state index contributed by atoms with van der Waals surface area (Å²) >= 11 is 0. The van der Waals surface area contributed by atoms with Crippen LogP contribution >= 0.6 is 0 Å². The fraction of sp³-hybridized carbons (Fsp3) is 0.149. The topological polar surface area (TPSA) is 46.4 Å². The molecule has 6 heteroatoms. The van der Waals surface area contributed by atoms with Crippen molar-refractivity contribution < 1.29 is 4.74 Å². The molecular formula is C47H41N5O. The Kier molecular flexibility index (Phi) is 7.77. The van der Waals surface area contributed by atoms with Crippen LogP contribution in [-0.2, 0) is 5.41 Å². The van der Waals surface area contributed by atoms with E-state index in [1.165, 1.54) is 33.5 Å². The summed E-state index contributed by atoms with van der Waals surface area (Å²) in [5.41, 5.74) is 12.6. The van der Waals surface area contributed by atoms with Crippen molar-refractivity contribution in [2.75, 3.05) is 16.5 Å². The molecule has 4 heterocycles. The molecule has 6 nitrogen and oxygen atoms in total. The molecule has 0 amide bonds. The number of pyridine rings is 2. The molecule has 1 aliphatic rings. The molecule has 0 atom stereocenters. The summed E-state index contributed by atoms with van der Waals surface area (Å²) in [5, 5.41) is 2.35. The van der Waals surface area contributed by atoms with Gasteiger partial charge in [-0.05, 0) is 115 Å². The van der Waals surface area contributed by atoms with Gasteiger partial charge in [-0.25, -0.2) is 4.98 Å². The fourth-order valence-corrected chi connectivity index (χ4v) is 7.81. The van der Waals surface area contributed by atoms with E-state index < -0.39 is 0 Å². The average Bonchev–Trinajstić information content (AvgIpc) is 3.71. The van der Waals surface area contributed by atoms with Crippen LogP contribution in [0.1, 0.15) is 37.5 Å². The van der Waals surface area contributed by atoms with Gasteiger partial charge in [-0.15, -0.1) is 0 Å². The molecular weight excluding hydrogens is 651 g/mol. The fourth-order valence-electron chi connectivity index (χ4n) is 7.81. The van der Waals surface area contributed by atoms with Crippen molar-refractivity contribution in [3.8, 4) is 28.6 Å². The minimum atomic E-state index is 0.00495. The Balaban J connectivity index is 1.06. The van der Waals surface area contributed by atoms with Crippen LogP contribution in [0.3, 0.4) is 0 Å². The van der Waals surface area contributed by atoms with Crippen LogP contribution in [0, 0.1) is 13.8 Å². The number of aromatic nitrogens is 3. The van der Waals surface area contributed by atoms with Gasteiger partial charge in [0.2, 0.25) is 0 Å². The molecule has 53 heavy (non-hydrogen) atoms. The highest BCUT2D eigenvalue weighted by Crippen LogP contribution is 2.47. The summed E-state index contributed by atoms with van der Waals surface area (Å²) in [6.07, 6.45) is 3.77. The molecule has 3 aromatic heterocycles. The number of fused-ring (bicyclic) bond motifs is 4. The van der Waals surface area contributed by atoms with E-state index in [2.05, 4.69) is 169 Å². The van der Waals surface area contributed by atoms with Gasteiger partial charge in [0, 0.05) is 52.2 Å². The van der Waals surface area contributed by atoms with Crippen molar-refractivity contribution in [3.63, 3.8) is 0 Å². The summed E-state index contributed by atoms with van der Waals surface area (Å²) < 4.78 is 8.92. The first kappa shape index (κ1) is 32.5. The number of nitrogens with zero attached hydrogens (tertiary/aromatic N) is 5. The summed E-state index contributed by atoms with van der Waals surface area (Å²) in [7, 11) is 0. The van der Waals surface area contributed by atoms with Gasteiger partial charge in [0.25, 0.3) is 0 Å². The highest BCUT2D eigenvalue weighted by molar-refractivity contribution is 6.09. The molecule has 5 aromatic carbocycles. The van der Waals surface area contributed by atoms with Crippen molar-refractivity contribution in [2.45, 2.75) is 40.0 Å². The lowest BCUT2D eigenvalue weighted by Crippen LogP contribution is -2.25. The number of benzene rings is 5. The summed E-state index contributed by atoms with van der Waals surface area (Å²) in [4.78, 5) is 14.2. The summed E-state index contributed by atoms with van der Waals surface area (Å²) in [6, 6.07) is 46.8. The third-order valence-corrected chi connectivity index (χ3v) is 10.3. The first-order valence-electron chi connectivity index (χ1n) is 18.2. The second-order valence-corrected chi connectivity index (χ2v) is 14.9. The van der Waals surface area contributed by atoms with Crippen LogP contribution in [0.15, 0.2) is 146 Å². The maximum absolute atomic E-state index is 6.66. The van der Waals surface area contributed by atoms with Crippen molar-refractivity contribution in [1.82, 2.24) is 14.5 Å². The summed E-state index contributed by atoms with van der Waals surface area (Å²) in [6.45, 7) is 11.8. The quantitative estimate of drug-likeness (QED) is 0.174. The van der Waals surface area contributed by atoms with E-state index in [1.54, 1.807) is 0 Å². The highest BCUT2D eigenvalue weighted by atomic mass is 16.5. The SMILES string of the molecule is Cc1cc(-c2ccccn2)cc(C)c1N1CN(c2cccc(Oc3ccc4c5ccccc5n(-c5cc(C(C)(C)C)ccn5)c4c3)c2)c2ccccc21. The monoisotopic (exact) mass is 691 g/mol. The molecule has 0 unspecified atom stereocenters. The predicted molar refractivity (Wildman–Crippen MR) is 219 cm³/mol. The van der Waals surface area contributed by atoms with Gasteiger partial charge in [0.05, 0.1) is 28.1 Å². The molecule has 0 radical (unpaired) electrons. The van der Waals surface area contributed by atoms with Crippen LogP contribution in [-0.4, -0.2) is 21.2 Å². The molecule has 0 saturated carbocycles. The van der Waals surface area contributed by atoms with E-state index in [9.17, 15) is 0 Å². The normalized spacial score (nSPS) is 12.8. The van der Waals surface area contributed by atoms with Gasteiger partial charge in [0.15, 0.2) is 0 Å². The maximum atomic E-state index is 6.66. The van der Waals surface area contributed by atoms with Crippen LogP contribution in [0.25, 0.3) is 38.9 Å². The van der Waals surface area contributed by atoms with Crippen LogP contribution in [0.2, 0.25) is 0 Å². The van der Waals surface area contributed by atoms with Crippen molar-refractivity contribution >= 4 is 44.6 Å². The number of para-hydroxylation sites is 3. The highest BCUT2D eigenvalue weighted by Gasteiger charge is 2.30. The summed E-state index contributed by atoms with van der Waals surface area (Å²) in [5.74, 6) is 2.45. The van der Waals surface area contributed by atoms with Crippen LogP contribution < -0.4 is 14.5 Å². The van der Waals surface area contributed by atoms with Gasteiger partial charge in [-0.1, -0.05) is 63.2 Å². The number of hydrogen-bond donors (Lipinski definition) is 0. The van der Waals surface area contributed by atoms with E-state index >= 15 is 0 Å². The number of rotatable bonds is 6. The Labute approximate surface area is 310 Å². The van der Waals surface area contributed by atoms with Crippen molar-refractivity contribution in [3.05, 3.63) is 163 Å². The zero-order chi connectivity index (χ0) is 36.3. The van der Waals surface area contributed by atoms with E-state index in [1.807, 2.05) is 30.6 Å². The number of hydrogen-bond acceptors (Lipinski definition) is 5. The second kappa shape index (κ2) is 12.7. The second-order valence-electron chi connectivity index (χ2n) is 14.9. The lowest BCUT2D eigenvalue weighted by molar-refractivity contribution is 0.483. The maximum Gasteiger partial charge on any atom is 0.137 e. The molecule has 1 aliphatic heterocycles. The van der Waals surface area contributed by atoms with Crippen LogP contribution in [0.4, 0.5) is 22.7 Å². The standard InChI is InChI=1S/C47H41N5O/c1-31-25-33(40-16-10-11-23-48-40)26-32(2)46(31)51-30-50(42-18-8-9-19-43(42)51)35-13-12-14-36(28-35)53-37-20-21-39-38-15-6-7-17-41(38)52(44(39)29-37)45-27-34(22-24-49-45)47(3,4)5/h6-29H,30H2,1-5H3. The molecule has 8 aromatic rings. The minimum absolute atomic E-state index is 0.00495. The Morgan fingerprint density at radius 1 is 0.585 bits per heavy atom. The van der Waals surface area contributed by atoms with E-state index in [-0.39, 0.29) is 5.41 Å². The first-order chi connectivity index (χ1) is 25.7. The lowest BCUT2D eigenvalue weighted by atomic mass is 9.88. The van der Waals surface area contributed by atoms with Gasteiger partial charge in [-0.2, -0.15) is 0 Å². The van der Waals surface area contributed by atoms with Gasteiger partial charge < -0.3 is 14.5 Å². The Bertz CT molecular complexity index is 2630. The lowest BCUT2D eigenvalue weighted by Gasteiger charge is -2.26. The van der Waals surface area contributed by atoms with E-state index in [4.69, 9.17) is 9.72 Å². The van der Waals surface area contributed by atoms with Crippen molar-refractivity contribution in [2.24, 2.45) is 0 Å². The predicted octanol–water partition coefficient (Wildman–Crippen LogP) is 12.2. The number of anilines is 4. The Hall–Kier alpha value is -6.40. The molecule has 260 valence electrons. The van der Waals surface area contributed by atoms with Gasteiger partial charge >= 0.3 is 0 Å². The first-order valence-corrected chi connectivity index (χ1v) is 18.2. The third-order valence-electron chi connectivity index (χ3n) is 10.3. The van der Waals surface area contributed by atoms with E-state index in [0.29, 0.717) is 6.67 Å². The van der Waals surface area contributed by atoms with Gasteiger partial charge in [0.1, 0.15) is 24.0 Å². The number of aryl methyl sites for hydroxylation is 2. The van der Waals surface area contributed by atoms with E-state index in [0.717, 1.165) is 56.4 Å². The van der Waals surface area contributed by atoms with Crippen molar-refractivity contribution in [1.29, 1.82) is 0 Å². The molecule has 0 N–H and O–H groups in total. The van der Waals surface area contributed by atoms with Gasteiger partial charge in [-0.3, -0.25) is 9.55 Å². The van der Waals surface area contributed by atoms with Crippen LogP contribution in [0.5, 0.6) is 11.5 Å². The minimum Gasteiger partial charge on any atom is -0.457 e. The third kappa shape index (κ3) is 5.77.